The van der Waals surface area contributed by atoms with Gasteiger partial charge in [-0.15, -0.1) is 0 Å². The van der Waals surface area contributed by atoms with Crippen LogP contribution in [0.15, 0.2) is 54.7 Å². The van der Waals surface area contributed by atoms with Crippen LogP contribution in [0.3, 0.4) is 0 Å². The molecule has 172 valence electrons. The number of fused-ring (bicyclic) bond motifs is 1. The SMILES string of the molecule is Cc1ccc(N2CC[C@@H](N(C)C(C)C)C2)cc1C(=O)NC1(c2ccnc3ccccc23)CC1. The highest BCUT2D eigenvalue weighted by Gasteiger charge is 2.47. The Balaban J connectivity index is 1.37. The molecule has 1 atom stereocenters. The second-order valence-corrected chi connectivity index (χ2v) is 10.1. The van der Waals surface area contributed by atoms with Crippen molar-refractivity contribution in [1.29, 1.82) is 0 Å². The number of nitrogens with zero attached hydrogens (tertiary/aromatic N) is 3. The van der Waals surface area contributed by atoms with E-state index in [1.54, 1.807) is 0 Å². The maximum Gasteiger partial charge on any atom is 0.252 e. The van der Waals surface area contributed by atoms with Crippen molar-refractivity contribution in [1.82, 2.24) is 15.2 Å². The molecule has 1 aliphatic carbocycles. The van der Waals surface area contributed by atoms with Crippen LogP contribution in [-0.2, 0) is 5.54 Å². The van der Waals surface area contributed by atoms with Crippen LogP contribution < -0.4 is 10.2 Å². The smallest absolute Gasteiger partial charge is 0.252 e. The van der Waals surface area contributed by atoms with Crippen molar-refractivity contribution >= 4 is 22.5 Å². The van der Waals surface area contributed by atoms with Crippen LogP contribution in [0.25, 0.3) is 10.9 Å². The van der Waals surface area contributed by atoms with Gasteiger partial charge in [0.15, 0.2) is 0 Å². The molecule has 2 aliphatic rings. The fourth-order valence-corrected chi connectivity index (χ4v) is 5.17. The number of amides is 1. The summed E-state index contributed by atoms with van der Waals surface area (Å²) in [6.07, 6.45) is 4.93. The molecule has 1 amide bonds. The average molecular weight is 443 g/mol. The number of hydrogen-bond donors (Lipinski definition) is 1. The number of hydrogen-bond acceptors (Lipinski definition) is 4. The topological polar surface area (TPSA) is 48.5 Å². The Kier molecular flexibility index (Phi) is 5.61. The minimum absolute atomic E-state index is 0.0165. The Labute approximate surface area is 196 Å². The van der Waals surface area contributed by atoms with Gasteiger partial charge in [0.2, 0.25) is 0 Å². The first kappa shape index (κ1) is 21.9. The Hall–Kier alpha value is -2.92. The summed E-state index contributed by atoms with van der Waals surface area (Å²) in [5, 5.41) is 4.52. The van der Waals surface area contributed by atoms with E-state index in [0.29, 0.717) is 12.1 Å². The van der Waals surface area contributed by atoms with Crippen LogP contribution in [0.4, 0.5) is 5.69 Å². The molecular weight excluding hydrogens is 408 g/mol. The van der Waals surface area contributed by atoms with E-state index in [1.807, 2.05) is 31.3 Å². The summed E-state index contributed by atoms with van der Waals surface area (Å²) < 4.78 is 0. The Bertz CT molecular complexity index is 1180. The van der Waals surface area contributed by atoms with Crippen LogP contribution in [0.5, 0.6) is 0 Å². The monoisotopic (exact) mass is 442 g/mol. The van der Waals surface area contributed by atoms with Crippen LogP contribution >= 0.6 is 0 Å². The molecule has 5 rings (SSSR count). The first-order valence-corrected chi connectivity index (χ1v) is 12.1. The quantitative estimate of drug-likeness (QED) is 0.591. The van der Waals surface area contributed by atoms with Crippen LogP contribution in [-0.4, -0.2) is 48.0 Å². The number of rotatable bonds is 6. The minimum atomic E-state index is -0.291. The van der Waals surface area contributed by atoms with Gasteiger partial charge in [-0.1, -0.05) is 24.3 Å². The van der Waals surface area contributed by atoms with Crippen LogP contribution in [0.1, 0.15) is 54.6 Å². The summed E-state index contributed by atoms with van der Waals surface area (Å²) in [5.74, 6) is 0.0165. The zero-order valence-corrected chi connectivity index (χ0v) is 20.1. The third kappa shape index (κ3) is 4.10. The first-order valence-electron chi connectivity index (χ1n) is 12.1. The van der Waals surface area contributed by atoms with Crippen molar-refractivity contribution in [3.05, 3.63) is 71.4 Å². The Morgan fingerprint density at radius 2 is 1.97 bits per heavy atom. The number of aryl methyl sites for hydroxylation is 1. The lowest BCUT2D eigenvalue weighted by Crippen LogP contribution is -2.39. The Morgan fingerprint density at radius 3 is 2.73 bits per heavy atom. The number of para-hydroxylation sites is 1. The average Bonchev–Trinajstić information content (AvgIpc) is 3.42. The molecule has 0 spiro atoms. The normalized spacial score (nSPS) is 19.5. The van der Waals surface area contributed by atoms with Crippen molar-refractivity contribution in [2.45, 2.75) is 57.7 Å². The molecule has 5 nitrogen and oxygen atoms in total. The van der Waals surface area contributed by atoms with Gasteiger partial charge in [0.1, 0.15) is 0 Å². The summed E-state index contributed by atoms with van der Waals surface area (Å²) in [4.78, 5) is 22.9. The highest BCUT2D eigenvalue weighted by molar-refractivity contribution is 5.98. The maximum absolute atomic E-state index is 13.5. The number of aromatic nitrogens is 1. The van der Waals surface area contributed by atoms with Gasteiger partial charge in [0, 0.05) is 48.0 Å². The van der Waals surface area contributed by atoms with Gasteiger partial charge >= 0.3 is 0 Å². The predicted octanol–water partition coefficient (Wildman–Crippen LogP) is 4.88. The van der Waals surface area contributed by atoms with E-state index >= 15 is 0 Å². The third-order valence-electron chi connectivity index (χ3n) is 7.65. The summed E-state index contributed by atoms with van der Waals surface area (Å²) in [6.45, 7) is 8.55. The van der Waals surface area contributed by atoms with Crippen molar-refractivity contribution in [2.24, 2.45) is 0 Å². The lowest BCUT2D eigenvalue weighted by atomic mass is 9.99. The number of pyridine rings is 1. The number of anilines is 1. The minimum Gasteiger partial charge on any atom is -0.370 e. The molecule has 2 fully saturated rings. The zero-order valence-electron chi connectivity index (χ0n) is 20.1. The lowest BCUT2D eigenvalue weighted by Gasteiger charge is -2.28. The molecule has 5 heteroatoms. The van der Waals surface area contributed by atoms with E-state index in [4.69, 9.17) is 0 Å². The van der Waals surface area contributed by atoms with Gasteiger partial charge in [-0.3, -0.25) is 14.7 Å². The fourth-order valence-electron chi connectivity index (χ4n) is 5.17. The number of likely N-dealkylation sites (N-methyl/N-ethyl adjacent to an activating group) is 1. The second kappa shape index (κ2) is 8.45. The number of benzene rings is 2. The maximum atomic E-state index is 13.5. The first-order chi connectivity index (χ1) is 15.9. The molecule has 33 heavy (non-hydrogen) atoms. The van der Waals surface area contributed by atoms with E-state index in [2.05, 4.69) is 71.3 Å². The van der Waals surface area contributed by atoms with Gasteiger partial charge < -0.3 is 10.2 Å². The molecule has 3 aromatic rings. The van der Waals surface area contributed by atoms with E-state index in [1.165, 1.54) is 5.56 Å². The molecule has 0 radical (unpaired) electrons. The van der Waals surface area contributed by atoms with E-state index in [-0.39, 0.29) is 11.4 Å². The van der Waals surface area contributed by atoms with Gasteiger partial charge in [-0.25, -0.2) is 0 Å². The second-order valence-electron chi connectivity index (χ2n) is 10.1. The van der Waals surface area contributed by atoms with Gasteiger partial charge in [0.25, 0.3) is 5.91 Å². The molecule has 1 saturated carbocycles. The van der Waals surface area contributed by atoms with Gasteiger partial charge in [0.05, 0.1) is 11.1 Å². The molecule has 1 aromatic heterocycles. The number of nitrogens with one attached hydrogen (secondary N) is 1. The van der Waals surface area contributed by atoms with Crippen molar-refractivity contribution in [3.8, 4) is 0 Å². The van der Waals surface area contributed by atoms with E-state index in [0.717, 1.165) is 60.1 Å². The molecule has 2 aromatic carbocycles. The zero-order chi connectivity index (χ0) is 23.2. The molecule has 1 aliphatic heterocycles. The number of carbonyl (C=O) groups excluding carboxylic acids is 1. The molecule has 0 bridgehead atoms. The molecular formula is C28H34N4O. The van der Waals surface area contributed by atoms with Gasteiger partial charge in [-0.2, -0.15) is 0 Å². The molecule has 1 N–H and O–H groups in total. The highest BCUT2D eigenvalue weighted by atomic mass is 16.1. The fraction of sp³-hybridized carbons (Fsp3) is 0.429. The lowest BCUT2D eigenvalue weighted by molar-refractivity contribution is 0.0930. The highest BCUT2D eigenvalue weighted by Crippen LogP contribution is 2.48. The van der Waals surface area contributed by atoms with Crippen LogP contribution in [0, 0.1) is 6.92 Å². The largest absolute Gasteiger partial charge is 0.370 e. The third-order valence-corrected chi connectivity index (χ3v) is 7.65. The van der Waals surface area contributed by atoms with Crippen molar-refractivity contribution < 1.29 is 4.79 Å². The van der Waals surface area contributed by atoms with E-state index in [9.17, 15) is 4.79 Å². The van der Waals surface area contributed by atoms with Crippen molar-refractivity contribution in [3.63, 3.8) is 0 Å². The Morgan fingerprint density at radius 1 is 1.18 bits per heavy atom. The molecule has 2 heterocycles. The summed E-state index contributed by atoms with van der Waals surface area (Å²) in [7, 11) is 2.21. The molecule has 0 unspecified atom stereocenters. The van der Waals surface area contributed by atoms with Gasteiger partial charge in [-0.05, 0) is 82.5 Å². The van der Waals surface area contributed by atoms with E-state index < -0.39 is 0 Å². The standard InChI is InChI=1S/C28H34N4O/c1-19(2)31(4)22-12-16-32(18-22)21-10-9-20(3)24(17-21)27(33)30-28(13-14-28)25-11-15-29-26-8-6-5-7-23(25)26/h5-11,15,17,19,22H,12-14,16,18H2,1-4H3,(H,30,33)/t22-/m1/s1. The predicted molar refractivity (Wildman–Crippen MR) is 135 cm³/mol. The van der Waals surface area contributed by atoms with Crippen LogP contribution in [0.2, 0.25) is 0 Å². The molecule has 1 saturated heterocycles. The summed E-state index contributed by atoms with van der Waals surface area (Å²) in [5.41, 5.74) is 4.79. The number of carbonyl (C=O) groups is 1. The summed E-state index contributed by atoms with van der Waals surface area (Å²) in [6, 6.07) is 17.7. The summed E-state index contributed by atoms with van der Waals surface area (Å²) >= 11 is 0. The van der Waals surface area contributed by atoms with Crippen molar-refractivity contribution in [2.75, 3.05) is 25.0 Å².